The first-order valence-corrected chi connectivity index (χ1v) is 14.2. The SMILES string of the molecule is C[C@H](NC(=O)c1cn(COCC[Si](C)(C)C)c2ncc(C3CC3)nc12)C(=O)N(C)C. The molecular formula is C21H33N5O3Si. The van der Waals surface area contributed by atoms with Crippen LogP contribution in [0.25, 0.3) is 11.2 Å². The van der Waals surface area contributed by atoms with Crippen LogP contribution in [0.4, 0.5) is 0 Å². The summed E-state index contributed by atoms with van der Waals surface area (Å²) < 4.78 is 7.71. The minimum atomic E-state index is -1.18. The summed E-state index contributed by atoms with van der Waals surface area (Å²) in [5.41, 5.74) is 2.54. The summed E-state index contributed by atoms with van der Waals surface area (Å²) in [6, 6.07) is 0.444. The highest BCUT2D eigenvalue weighted by atomic mass is 28.3. The average molecular weight is 432 g/mol. The molecule has 2 amide bonds. The van der Waals surface area contributed by atoms with Crippen LogP contribution in [-0.4, -0.2) is 66.1 Å². The van der Waals surface area contributed by atoms with Crippen molar-refractivity contribution in [1.82, 2.24) is 24.8 Å². The van der Waals surface area contributed by atoms with E-state index < -0.39 is 14.1 Å². The lowest BCUT2D eigenvalue weighted by Crippen LogP contribution is -2.44. The molecule has 1 N–H and O–H groups in total. The molecule has 0 spiro atoms. The summed E-state index contributed by atoms with van der Waals surface area (Å²) in [6.45, 7) is 9.61. The largest absolute Gasteiger partial charge is 0.361 e. The van der Waals surface area contributed by atoms with Crippen molar-refractivity contribution in [1.29, 1.82) is 0 Å². The van der Waals surface area contributed by atoms with Crippen molar-refractivity contribution in [2.75, 3.05) is 20.7 Å². The van der Waals surface area contributed by atoms with Crippen LogP contribution in [0.15, 0.2) is 12.4 Å². The molecule has 0 aromatic carbocycles. The van der Waals surface area contributed by atoms with E-state index in [4.69, 9.17) is 9.72 Å². The van der Waals surface area contributed by atoms with Gasteiger partial charge >= 0.3 is 0 Å². The van der Waals surface area contributed by atoms with E-state index in [-0.39, 0.29) is 11.8 Å². The number of fused-ring (bicyclic) bond motifs is 1. The van der Waals surface area contributed by atoms with Crippen molar-refractivity contribution in [3.63, 3.8) is 0 Å². The fraction of sp³-hybridized carbons (Fsp3) is 0.619. The van der Waals surface area contributed by atoms with E-state index in [1.165, 1.54) is 4.90 Å². The highest BCUT2D eigenvalue weighted by molar-refractivity contribution is 6.76. The lowest BCUT2D eigenvalue weighted by molar-refractivity contribution is -0.130. The van der Waals surface area contributed by atoms with E-state index in [2.05, 4.69) is 29.9 Å². The number of hydrogen-bond donors (Lipinski definition) is 1. The van der Waals surface area contributed by atoms with Gasteiger partial charge in [-0.25, -0.2) is 9.97 Å². The molecule has 0 aliphatic heterocycles. The summed E-state index contributed by atoms with van der Waals surface area (Å²) in [7, 11) is 2.16. The Morgan fingerprint density at radius 2 is 2.03 bits per heavy atom. The normalized spacial score (nSPS) is 15.3. The molecule has 0 saturated heterocycles. The van der Waals surface area contributed by atoms with Gasteiger partial charge in [0.15, 0.2) is 5.65 Å². The minimum absolute atomic E-state index is 0.161. The molecule has 3 rings (SSSR count). The second-order valence-electron chi connectivity index (χ2n) is 9.53. The maximum atomic E-state index is 13.0. The molecule has 8 nitrogen and oxygen atoms in total. The first-order chi connectivity index (χ1) is 14.1. The molecule has 164 valence electrons. The average Bonchev–Trinajstić information content (AvgIpc) is 3.45. The zero-order valence-corrected chi connectivity index (χ0v) is 19.9. The molecule has 30 heavy (non-hydrogen) atoms. The van der Waals surface area contributed by atoms with Gasteiger partial charge in [0.2, 0.25) is 5.91 Å². The van der Waals surface area contributed by atoms with Crippen LogP contribution in [-0.2, 0) is 16.3 Å². The lowest BCUT2D eigenvalue weighted by Gasteiger charge is -2.17. The highest BCUT2D eigenvalue weighted by Gasteiger charge is 2.28. The highest BCUT2D eigenvalue weighted by Crippen LogP contribution is 2.39. The molecule has 1 aliphatic carbocycles. The molecule has 1 atom stereocenters. The predicted molar refractivity (Wildman–Crippen MR) is 119 cm³/mol. The number of carbonyl (C=O) groups excluding carboxylic acids is 2. The quantitative estimate of drug-likeness (QED) is 0.487. The Morgan fingerprint density at radius 1 is 1.33 bits per heavy atom. The minimum Gasteiger partial charge on any atom is -0.361 e. The lowest BCUT2D eigenvalue weighted by atomic mass is 10.2. The van der Waals surface area contributed by atoms with Crippen molar-refractivity contribution in [2.45, 2.75) is 64.1 Å². The van der Waals surface area contributed by atoms with Crippen LogP contribution in [0.5, 0.6) is 0 Å². The van der Waals surface area contributed by atoms with Gasteiger partial charge in [-0.2, -0.15) is 0 Å². The number of aromatic nitrogens is 3. The maximum absolute atomic E-state index is 13.0. The third kappa shape index (κ3) is 5.45. The van der Waals surface area contributed by atoms with Crippen LogP contribution < -0.4 is 5.32 Å². The summed E-state index contributed by atoms with van der Waals surface area (Å²) in [4.78, 5) is 35.9. The zero-order valence-electron chi connectivity index (χ0n) is 18.9. The molecular weight excluding hydrogens is 398 g/mol. The smallest absolute Gasteiger partial charge is 0.255 e. The van der Waals surface area contributed by atoms with Crippen molar-refractivity contribution in [3.05, 3.63) is 23.7 Å². The summed E-state index contributed by atoms with van der Waals surface area (Å²) in [5, 5.41) is 2.79. The van der Waals surface area contributed by atoms with Crippen LogP contribution in [0.1, 0.15) is 41.7 Å². The monoisotopic (exact) mass is 431 g/mol. The van der Waals surface area contributed by atoms with Gasteiger partial charge in [-0.3, -0.25) is 9.59 Å². The topological polar surface area (TPSA) is 89.4 Å². The first-order valence-electron chi connectivity index (χ1n) is 10.5. The van der Waals surface area contributed by atoms with Crippen LogP contribution in [0.2, 0.25) is 25.7 Å². The van der Waals surface area contributed by atoms with Crippen molar-refractivity contribution < 1.29 is 14.3 Å². The van der Waals surface area contributed by atoms with Gasteiger partial charge in [0, 0.05) is 40.9 Å². The van der Waals surface area contributed by atoms with Gasteiger partial charge in [0.1, 0.15) is 18.3 Å². The van der Waals surface area contributed by atoms with E-state index in [9.17, 15) is 9.59 Å². The number of rotatable bonds is 9. The van der Waals surface area contributed by atoms with Gasteiger partial charge in [0.05, 0.1) is 17.5 Å². The molecule has 0 radical (unpaired) electrons. The summed E-state index contributed by atoms with van der Waals surface area (Å²) >= 11 is 0. The standard InChI is InChI=1S/C21H33N5O3Si/c1-14(21(28)25(2)3)23-20(27)16-12-26(13-29-9-10-30(4,5)6)19-18(16)24-17(11-22-19)15-7-8-15/h11-12,14-15H,7-10,13H2,1-6H3,(H,23,27)/t14-/m0/s1. The number of ether oxygens (including phenoxy) is 1. The van der Waals surface area contributed by atoms with Crippen LogP contribution in [0.3, 0.4) is 0 Å². The first kappa shape index (κ1) is 22.4. The number of likely N-dealkylation sites (N-methyl/N-ethyl adjacent to an activating group) is 1. The van der Waals surface area contributed by atoms with Gasteiger partial charge in [-0.05, 0) is 25.8 Å². The molecule has 2 heterocycles. The fourth-order valence-corrected chi connectivity index (χ4v) is 3.93. The van der Waals surface area contributed by atoms with Gasteiger partial charge < -0.3 is 19.5 Å². The Bertz CT molecular complexity index is 931. The van der Waals surface area contributed by atoms with Crippen molar-refractivity contribution in [3.8, 4) is 0 Å². The summed E-state index contributed by atoms with van der Waals surface area (Å²) in [5.74, 6) is -0.0549. The van der Waals surface area contributed by atoms with E-state index in [0.717, 1.165) is 24.6 Å². The number of nitrogens with zero attached hydrogens (tertiary/aromatic N) is 4. The number of carbonyl (C=O) groups is 2. The van der Waals surface area contributed by atoms with E-state index in [1.807, 2.05) is 4.57 Å². The van der Waals surface area contributed by atoms with Crippen LogP contribution >= 0.6 is 0 Å². The van der Waals surface area contributed by atoms with E-state index in [0.29, 0.717) is 36.0 Å². The van der Waals surface area contributed by atoms with Gasteiger partial charge in [-0.15, -0.1) is 0 Å². The van der Waals surface area contributed by atoms with Gasteiger partial charge in [0.25, 0.3) is 5.91 Å². The summed E-state index contributed by atoms with van der Waals surface area (Å²) in [6.07, 6.45) is 5.75. The second-order valence-corrected chi connectivity index (χ2v) is 15.2. The number of amides is 2. The molecule has 9 heteroatoms. The Hall–Kier alpha value is -2.26. The molecule has 2 aromatic rings. The number of nitrogens with one attached hydrogen (secondary N) is 1. The fourth-order valence-electron chi connectivity index (χ4n) is 3.17. The zero-order chi connectivity index (χ0) is 22.1. The van der Waals surface area contributed by atoms with E-state index in [1.54, 1.807) is 33.4 Å². The molecule has 0 bridgehead atoms. The molecule has 1 fully saturated rings. The predicted octanol–water partition coefficient (Wildman–Crippen LogP) is 2.83. The van der Waals surface area contributed by atoms with E-state index >= 15 is 0 Å². The maximum Gasteiger partial charge on any atom is 0.255 e. The van der Waals surface area contributed by atoms with Gasteiger partial charge in [-0.1, -0.05) is 19.6 Å². The van der Waals surface area contributed by atoms with Crippen molar-refractivity contribution in [2.24, 2.45) is 0 Å². The Morgan fingerprint density at radius 3 is 2.63 bits per heavy atom. The third-order valence-electron chi connectivity index (χ3n) is 5.21. The molecule has 2 aromatic heterocycles. The molecule has 1 saturated carbocycles. The Kier molecular flexibility index (Phi) is 6.61. The Labute approximate surface area is 179 Å². The van der Waals surface area contributed by atoms with Crippen molar-refractivity contribution >= 4 is 31.1 Å². The second kappa shape index (κ2) is 8.85. The molecule has 1 aliphatic rings. The number of hydrogen-bond acceptors (Lipinski definition) is 5. The molecule has 0 unspecified atom stereocenters. The Balaban J connectivity index is 1.83. The third-order valence-corrected chi connectivity index (χ3v) is 6.91. The van der Waals surface area contributed by atoms with Crippen LogP contribution in [0, 0.1) is 0 Å².